The van der Waals surface area contributed by atoms with Crippen LogP contribution in [0.15, 0.2) is 36.4 Å². The van der Waals surface area contributed by atoms with Crippen molar-refractivity contribution in [2.75, 3.05) is 0 Å². The van der Waals surface area contributed by atoms with Gasteiger partial charge in [0.15, 0.2) is 0 Å². The molecule has 2 rings (SSSR count). The van der Waals surface area contributed by atoms with Crippen LogP contribution in [-0.2, 0) is 6.61 Å². The molecule has 0 amide bonds. The van der Waals surface area contributed by atoms with E-state index in [0.29, 0.717) is 17.4 Å². The fraction of sp³-hybridized carbons (Fsp3) is 0.0714. The van der Waals surface area contributed by atoms with E-state index in [1.54, 1.807) is 12.1 Å². The maximum Gasteiger partial charge on any atom is 0.335 e. The van der Waals surface area contributed by atoms with Crippen molar-refractivity contribution < 1.29 is 14.6 Å². The molecule has 2 aromatic carbocycles. The largest absolute Gasteiger partial charge is 0.487 e. The van der Waals surface area contributed by atoms with Crippen molar-refractivity contribution in [1.82, 2.24) is 0 Å². The molecular formula is C14H9ClI2O3. The predicted molar refractivity (Wildman–Crippen MR) is 94.6 cm³/mol. The third kappa shape index (κ3) is 3.76. The Labute approximate surface area is 148 Å². The van der Waals surface area contributed by atoms with Gasteiger partial charge in [0.2, 0.25) is 0 Å². The Hall–Kier alpha value is -0.540. The van der Waals surface area contributed by atoms with Crippen LogP contribution in [0.4, 0.5) is 0 Å². The minimum atomic E-state index is -0.946. The van der Waals surface area contributed by atoms with E-state index < -0.39 is 5.97 Å². The summed E-state index contributed by atoms with van der Waals surface area (Å²) in [5.41, 5.74) is 1.15. The maximum atomic E-state index is 11.0. The third-order valence-electron chi connectivity index (χ3n) is 2.58. The Kier molecular flexibility index (Phi) is 5.50. The first-order valence-electron chi connectivity index (χ1n) is 5.57. The van der Waals surface area contributed by atoms with Crippen molar-refractivity contribution >= 4 is 62.8 Å². The van der Waals surface area contributed by atoms with Gasteiger partial charge < -0.3 is 9.84 Å². The zero-order valence-electron chi connectivity index (χ0n) is 10.1. The Morgan fingerprint density at radius 3 is 2.35 bits per heavy atom. The fourth-order valence-corrected chi connectivity index (χ4v) is 3.86. The molecule has 1 N–H and O–H groups in total. The summed E-state index contributed by atoms with van der Waals surface area (Å²) in [5.74, 6) is -0.269. The van der Waals surface area contributed by atoms with Crippen LogP contribution in [0.2, 0.25) is 5.02 Å². The predicted octanol–water partition coefficient (Wildman–Crippen LogP) is 4.83. The lowest BCUT2D eigenvalue weighted by atomic mass is 10.2. The molecule has 0 heterocycles. The molecule has 0 atom stereocenters. The smallest absolute Gasteiger partial charge is 0.335 e. The zero-order valence-corrected chi connectivity index (χ0v) is 15.1. The van der Waals surface area contributed by atoms with E-state index in [4.69, 9.17) is 21.4 Å². The summed E-state index contributed by atoms with van der Waals surface area (Å²) in [7, 11) is 0. The molecule has 0 bridgehead atoms. The average molecular weight is 514 g/mol. The number of rotatable bonds is 4. The highest BCUT2D eigenvalue weighted by molar-refractivity contribution is 14.1. The monoisotopic (exact) mass is 514 g/mol. The third-order valence-corrected chi connectivity index (χ3v) is 4.55. The van der Waals surface area contributed by atoms with Crippen LogP contribution in [0, 0.1) is 7.14 Å². The summed E-state index contributed by atoms with van der Waals surface area (Å²) in [6.07, 6.45) is 0. The van der Waals surface area contributed by atoms with Gasteiger partial charge in [-0.1, -0.05) is 29.8 Å². The molecule has 104 valence electrons. The fourth-order valence-electron chi connectivity index (χ4n) is 1.59. The number of carbonyl (C=O) groups is 1. The Morgan fingerprint density at radius 2 is 1.80 bits per heavy atom. The lowest BCUT2D eigenvalue weighted by Gasteiger charge is -2.12. The maximum absolute atomic E-state index is 11.0. The van der Waals surface area contributed by atoms with E-state index in [-0.39, 0.29) is 5.56 Å². The van der Waals surface area contributed by atoms with E-state index >= 15 is 0 Å². The highest BCUT2D eigenvalue weighted by Gasteiger charge is 2.13. The number of halogens is 3. The van der Waals surface area contributed by atoms with Gasteiger partial charge in [-0.05, 0) is 63.4 Å². The highest BCUT2D eigenvalue weighted by Crippen LogP contribution is 2.30. The lowest BCUT2D eigenvalue weighted by molar-refractivity contribution is 0.0696. The van der Waals surface area contributed by atoms with E-state index in [0.717, 1.165) is 12.7 Å². The molecule has 3 nitrogen and oxygen atoms in total. The number of aromatic carboxylic acids is 1. The van der Waals surface area contributed by atoms with Gasteiger partial charge in [0.1, 0.15) is 12.4 Å². The molecule has 2 aromatic rings. The van der Waals surface area contributed by atoms with Crippen LogP contribution < -0.4 is 4.74 Å². The summed E-state index contributed by atoms with van der Waals surface area (Å²) < 4.78 is 7.30. The number of carboxylic acids is 1. The minimum Gasteiger partial charge on any atom is -0.487 e. The second-order valence-electron chi connectivity index (χ2n) is 3.95. The summed E-state index contributed by atoms with van der Waals surface area (Å²) in [4.78, 5) is 11.0. The van der Waals surface area contributed by atoms with Gasteiger partial charge >= 0.3 is 5.97 Å². The molecule has 0 aliphatic heterocycles. The second-order valence-corrected chi connectivity index (χ2v) is 6.69. The number of benzene rings is 2. The molecule has 0 radical (unpaired) electrons. The van der Waals surface area contributed by atoms with Crippen molar-refractivity contribution in [3.05, 3.63) is 59.7 Å². The Bertz CT molecular complexity index is 636. The molecule has 0 saturated carbocycles. The number of hydrogen-bond acceptors (Lipinski definition) is 2. The Balaban J connectivity index is 2.22. The van der Waals surface area contributed by atoms with Crippen LogP contribution in [0.25, 0.3) is 0 Å². The van der Waals surface area contributed by atoms with Crippen LogP contribution in [0.5, 0.6) is 5.75 Å². The van der Waals surface area contributed by atoms with Crippen molar-refractivity contribution in [3.8, 4) is 5.75 Å². The number of ether oxygens (including phenoxy) is 1. The molecule has 0 aromatic heterocycles. The van der Waals surface area contributed by atoms with Crippen molar-refractivity contribution in [1.29, 1.82) is 0 Å². The van der Waals surface area contributed by atoms with Gasteiger partial charge in [-0.15, -0.1) is 0 Å². The van der Waals surface area contributed by atoms with Gasteiger partial charge in [0, 0.05) is 10.6 Å². The number of carboxylic acid groups (broad SMARTS) is 1. The van der Waals surface area contributed by atoms with Crippen LogP contribution in [0.1, 0.15) is 15.9 Å². The molecule has 6 heteroatoms. The van der Waals surface area contributed by atoms with Crippen molar-refractivity contribution in [3.63, 3.8) is 0 Å². The topological polar surface area (TPSA) is 46.5 Å². The van der Waals surface area contributed by atoms with Gasteiger partial charge in [0.25, 0.3) is 0 Å². The average Bonchev–Trinajstić information content (AvgIpc) is 2.39. The summed E-state index contributed by atoms with van der Waals surface area (Å²) in [5, 5.41) is 9.66. The summed E-state index contributed by atoms with van der Waals surface area (Å²) in [6.45, 7) is 0.345. The van der Waals surface area contributed by atoms with Crippen LogP contribution in [-0.4, -0.2) is 11.1 Å². The van der Waals surface area contributed by atoms with Gasteiger partial charge in [0.05, 0.1) is 12.7 Å². The van der Waals surface area contributed by atoms with Crippen molar-refractivity contribution in [2.45, 2.75) is 6.61 Å². The number of hydrogen-bond donors (Lipinski definition) is 1. The van der Waals surface area contributed by atoms with Crippen molar-refractivity contribution in [2.24, 2.45) is 0 Å². The zero-order chi connectivity index (χ0) is 14.7. The van der Waals surface area contributed by atoms with E-state index in [1.165, 1.54) is 0 Å². The molecule has 20 heavy (non-hydrogen) atoms. The highest BCUT2D eigenvalue weighted by atomic mass is 127. The minimum absolute atomic E-state index is 0.254. The molecule has 0 unspecified atom stereocenters. The van der Waals surface area contributed by atoms with Gasteiger partial charge in [-0.3, -0.25) is 0 Å². The molecule has 0 fully saturated rings. The van der Waals surface area contributed by atoms with Gasteiger partial charge in [-0.25, -0.2) is 4.79 Å². The molecular weight excluding hydrogens is 505 g/mol. The van der Waals surface area contributed by atoms with E-state index in [2.05, 4.69) is 45.2 Å². The van der Waals surface area contributed by atoms with E-state index in [9.17, 15) is 4.79 Å². The first kappa shape index (κ1) is 15.8. The SMILES string of the molecule is O=C(O)c1cc(I)c(OCc2ccccc2Cl)c(I)c1. The van der Waals surface area contributed by atoms with Crippen LogP contribution >= 0.6 is 56.8 Å². The first-order chi connectivity index (χ1) is 9.49. The van der Waals surface area contributed by atoms with E-state index in [1.807, 2.05) is 24.3 Å². The van der Waals surface area contributed by atoms with Crippen LogP contribution in [0.3, 0.4) is 0 Å². The first-order valence-corrected chi connectivity index (χ1v) is 8.11. The molecule has 0 spiro atoms. The second kappa shape index (κ2) is 6.95. The molecule has 0 saturated heterocycles. The summed E-state index contributed by atoms with van der Waals surface area (Å²) in [6, 6.07) is 10.6. The summed E-state index contributed by atoms with van der Waals surface area (Å²) >= 11 is 10.2. The molecule has 0 aliphatic carbocycles. The quantitative estimate of drug-likeness (QED) is 0.595. The lowest BCUT2D eigenvalue weighted by Crippen LogP contribution is -2.03. The standard InChI is InChI=1S/C14H9ClI2O3/c15-10-4-2-1-3-8(10)7-20-13-11(16)5-9(14(18)19)6-12(13)17/h1-6H,7H2,(H,18,19). The van der Waals surface area contributed by atoms with Gasteiger partial charge in [-0.2, -0.15) is 0 Å². The Morgan fingerprint density at radius 1 is 1.20 bits per heavy atom. The molecule has 0 aliphatic rings. The normalized spacial score (nSPS) is 10.3.